The molecule has 2 heteroatoms. The Morgan fingerprint density at radius 1 is 1.43 bits per heavy atom. The van der Waals surface area contributed by atoms with Crippen molar-refractivity contribution in [2.45, 2.75) is 33.6 Å². The van der Waals surface area contributed by atoms with Crippen molar-refractivity contribution < 1.29 is 9.21 Å². The maximum Gasteiger partial charge on any atom is 0.166 e. The van der Waals surface area contributed by atoms with Crippen LogP contribution in [0, 0.1) is 18.8 Å². The van der Waals surface area contributed by atoms with Crippen LogP contribution in [0.2, 0.25) is 0 Å². The van der Waals surface area contributed by atoms with Crippen LogP contribution >= 0.6 is 0 Å². The molecule has 1 aromatic heterocycles. The van der Waals surface area contributed by atoms with Gasteiger partial charge in [0.25, 0.3) is 0 Å². The van der Waals surface area contributed by atoms with Crippen molar-refractivity contribution in [2.75, 3.05) is 0 Å². The summed E-state index contributed by atoms with van der Waals surface area (Å²) in [6, 6.07) is 1.87. The van der Waals surface area contributed by atoms with E-state index in [9.17, 15) is 4.79 Å². The Hall–Kier alpha value is -1.05. The van der Waals surface area contributed by atoms with Crippen LogP contribution in [0.25, 0.3) is 0 Å². The zero-order valence-corrected chi connectivity index (χ0v) is 8.96. The van der Waals surface area contributed by atoms with Gasteiger partial charge in [0.05, 0.1) is 5.56 Å². The van der Waals surface area contributed by atoms with Crippen molar-refractivity contribution >= 4 is 5.78 Å². The Kier molecular flexibility index (Phi) is 2.22. The molecule has 14 heavy (non-hydrogen) atoms. The van der Waals surface area contributed by atoms with Crippen molar-refractivity contribution in [1.82, 2.24) is 0 Å². The number of hydrogen-bond donors (Lipinski definition) is 0. The average Bonchev–Trinajstić information content (AvgIpc) is 2.45. The first-order valence-corrected chi connectivity index (χ1v) is 5.20. The maximum atomic E-state index is 11.8. The van der Waals surface area contributed by atoms with Gasteiger partial charge < -0.3 is 4.42 Å². The van der Waals surface area contributed by atoms with Gasteiger partial charge in [0.2, 0.25) is 0 Å². The first kappa shape index (κ1) is 9.50. The van der Waals surface area contributed by atoms with E-state index in [0.29, 0.717) is 18.3 Å². The molecular formula is C12H16O2. The fourth-order valence-electron chi connectivity index (χ4n) is 2.08. The minimum absolute atomic E-state index is 0.252. The molecule has 1 unspecified atom stereocenters. The van der Waals surface area contributed by atoms with E-state index in [1.165, 1.54) is 0 Å². The van der Waals surface area contributed by atoms with Gasteiger partial charge in [-0.3, -0.25) is 4.79 Å². The van der Waals surface area contributed by atoms with Gasteiger partial charge in [-0.25, -0.2) is 0 Å². The lowest BCUT2D eigenvalue weighted by Crippen LogP contribution is -2.22. The van der Waals surface area contributed by atoms with Crippen LogP contribution < -0.4 is 0 Å². The second kappa shape index (κ2) is 3.26. The molecule has 2 nitrogen and oxygen atoms in total. The van der Waals surface area contributed by atoms with Gasteiger partial charge in [0.15, 0.2) is 5.78 Å². The third-order valence-corrected chi connectivity index (χ3v) is 3.07. The Bertz CT molecular complexity index is 360. The molecular weight excluding hydrogens is 176 g/mol. The van der Waals surface area contributed by atoms with Crippen LogP contribution in [-0.4, -0.2) is 5.78 Å². The Morgan fingerprint density at radius 2 is 2.14 bits per heavy atom. The van der Waals surface area contributed by atoms with Crippen LogP contribution in [0.5, 0.6) is 0 Å². The molecule has 0 N–H and O–H groups in total. The van der Waals surface area contributed by atoms with Gasteiger partial charge in [-0.05, 0) is 24.8 Å². The Labute approximate surface area is 84.3 Å². The lowest BCUT2D eigenvalue weighted by Gasteiger charge is -2.23. The lowest BCUT2D eigenvalue weighted by molar-refractivity contribution is 0.0927. The number of carbonyl (C=O) groups excluding carboxylic acids is 1. The highest BCUT2D eigenvalue weighted by Gasteiger charge is 2.29. The molecule has 2 rings (SSSR count). The first-order chi connectivity index (χ1) is 6.58. The number of ketones is 1. The molecule has 1 heterocycles. The minimum atomic E-state index is 0.252. The predicted molar refractivity (Wildman–Crippen MR) is 54.4 cm³/mol. The number of aryl methyl sites for hydroxylation is 1. The van der Waals surface area contributed by atoms with Crippen LogP contribution in [0.1, 0.15) is 42.1 Å². The summed E-state index contributed by atoms with van der Waals surface area (Å²) in [5, 5.41) is 0. The zero-order chi connectivity index (χ0) is 10.3. The molecule has 1 aliphatic carbocycles. The van der Waals surface area contributed by atoms with E-state index in [2.05, 4.69) is 13.8 Å². The Balaban J connectivity index is 2.33. The number of Topliss-reactive ketones (excluding diaryl/α,β-unsaturated/α-hetero) is 1. The highest BCUT2D eigenvalue weighted by Crippen LogP contribution is 2.31. The van der Waals surface area contributed by atoms with E-state index in [-0.39, 0.29) is 5.78 Å². The first-order valence-electron chi connectivity index (χ1n) is 5.20. The maximum absolute atomic E-state index is 11.8. The van der Waals surface area contributed by atoms with Crippen molar-refractivity contribution in [1.29, 1.82) is 0 Å². The zero-order valence-electron chi connectivity index (χ0n) is 8.96. The molecule has 0 bridgehead atoms. The largest absolute Gasteiger partial charge is 0.466 e. The second-order valence-electron chi connectivity index (χ2n) is 4.53. The summed E-state index contributed by atoms with van der Waals surface area (Å²) < 4.78 is 5.54. The highest BCUT2D eigenvalue weighted by molar-refractivity contribution is 5.98. The van der Waals surface area contributed by atoms with E-state index < -0.39 is 0 Å². The summed E-state index contributed by atoms with van der Waals surface area (Å²) in [6.07, 6.45) is 1.61. The fraction of sp³-hybridized carbons (Fsp3) is 0.583. The molecule has 0 aromatic carbocycles. The molecule has 0 radical (unpaired) electrons. The molecule has 1 aromatic rings. The number of rotatable bonds is 1. The van der Waals surface area contributed by atoms with E-state index in [1.54, 1.807) is 0 Å². The van der Waals surface area contributed by atoms with Gasteiger partial charge in [0, 0.05) is 12.8 Å². The summed E-state index contributed by atoms with van der Waals surface area (Å²) in [5.74, 6) is 3.02. The quantitative estimate of drug-likeness (QED) is 0.684. The molecule has 0 fully saturated rings. The van der Waals surface area contributed by atoms with E-state index in [1.807, 2.05) is 13.0 Å². The monoisotopic (exact) mass is 192 g/mol. The third kappa shape index (κ3) is 1.49. The number of carbonyl (C=O) groups is 1. The van der Waals surface area contributed by atoms with Crippen LogP contribution in [0.15, 0.2) is 10.5 Å². The smallest absolute Gasteiger partial charge is 0.166 e. The Morgan fingerprint density at radius 3 is 2.79 bits per heavy atom. The number of hydrogen-bond acceptors (Lipinski definition) is 2. The summed E-state index contributed by atoms with van der Waals surface area (Å²) in [6.45, 7) is 6.23. The van der Waals surface area contributed by atoms with E-state index >= 15 is 0 Å². The molecule has 0 saturated heterocycles. The van der Waals surface area contributed by atoms with E-state index in [0.717, 1.165) is 23.5 Å². The number of fused-ring (bicyclic) bond motifs is 1. The van der Waals surface area contributed by atoms with Gasteiger partial charge in [0.1, 0.15) is 11.5 Å². The van der Waals surface area contributed by atoms with Crippen molar-refractivity contribution in [3.8, 4) is 0 Å². The summed E-state index contributed by atoms with van der Waals surface area (Å²) in [5.41, 5.74) is 0.819. The standard InChI is InChI=1S/C12H16O2/c1-7(2)9-5-11(13)10-4-8(3)14-12(10)6-9/h4,7,9H,5-6H2,1-3H3. The summed E-state index contributed by atoms with van der Waals surface area (Å²) in [7, 11) is 0. The van der Waals surface area contributed by atoms with Crippen molar-refractivity contribution in [2.24, 2.45) is 11.8 Å². The normalized spacial score (nSPS) is 21.4. The lowest BCUT2D eigenvalue weighted by atomic mass is 9.81. The highest BCUT2D eigenvalue weighted by atomic mass is 16.3. The summed E-state index contributed by atoms with van der Waals surface area (Å²) >= 11 is 0. The molecule has 0 spiro atoms. The molecule has 1 atom stereocenters. The summed E-state index contributed by atoms with van der Waals surface area (Å²) in [4.78, 5) is 11.8. The molecule has 1 aliphatic rings. The SMILES string of the molecule is Cc1cc2c(o1)CC(C(C)C)CC2=O. The average molecular weight is 192 g/mol. The van der Waals surface area contributed by atoms with Crippen molar-refractivity contribution in [3.05, 3.63) is 23.2 Å². The van der Waals surface area contributed by atoms with E-state index in [4.69, 9.17) is 4.42 Å². The molecule has 76 valence electrons. The predicted octanol–water partition coefficient (Wildman–Crippen LogP) is 2.99. The topological polar surface area (TPSA) is 30.2 Å². The minimum Gasteiger partial charge on any atom is -0.466 e. The fourth-order valence-corrected chi connectivity index (χ4v) is 2.08. The van der Waals surface area contributed by atoms with Crippen LogP contribution in [-0.2, 0) is 6.42 Å². The molecule has 0 aliphatic heterocycles. The van der Waals surface area contributed by atoms with Crippen LogP contribution in [0.3, 0.4) is 0 Å². The van der Waals surface area contributed by atoms with Gasteiger partial charge >= 0.3 is 0 Å². The van der Waals surface area contributed by atoms with Crippen LogP contribution in [0.4, 0.5) is 0 Å². The van der Waals surface area contributed by atoms with Gasteiger partial charge in [-0.15, -0.1) is 0 Å². The molecule has 0 amide bonds. The molecule has 0 saturated carbocycles. The van der Waals surface area contributed by atoms with Crippen molar-refractivity contribution in [3.63, 3.8) is 0 Å². The second-order valence-corrected chi connectivity index (χ2v) is 4.53. The van der Waals surface area contributed by atoms with Gasteiger partial charge in [-0.2, -0.15) is 0 Å². The third-order valence-electron chi connectivity index (χ3n) is 3.07. The van der Waals surface area contributed by atoms with Gasteiger partial charge in [-0.1, -0.05) is 13.8 Å². The number of furan rings is 1.